The summed E-state index contributed by atoms with van der Waals surface area (Å²) in [6.07, 6.45) is 0.589. The zero-order chi connectivity index (χ0) is 26.2. The first kappa shape index (κ1) is 24.3. The monoisotopic (exact) mass is 512 g/mol. The molecular weight excluding hydrogens is 483 g/mol. The quantitative estimate of drug-likeness (QED) is 0.471. The minimum Gasteiger partial charge on any atom is -0.380 e. The van der Waals surface area contributed by atoms with Crippen molar-refractivity contribution in [1.82, 2.24) is 15.1 Å². The maximum Gasteiger partial charge on any atom is 0.257 e. The second-order valence-corrected chi connectivity index (χ2v) is 10.4. The highest BCUT2D eigenvalue weighted by Gasteiger charge is 2.40. The van der Waals surface area contributed by atoms with E-state index in [2.05, 4.69) is 39.8 Å². The van der Waals surface area contributed by atoms with Crippen molar-refractivity contribution in [3.8, 4) is 0 Å². The summed E-state index contributed by atoms with van der Waals surface area (Å²) in [6.45, 7) is 3.64. The Kier molecular flexibility index (Phi) is 6.41. The molecule has 2 N–H and O–H groups in total. The molecule has 3 aromatic carbocycles. The van der Waals surface area contributed by atoms with Crippen LogP contribution in [-0.2, 0) is 29.2 Å². The molecule has 2 fully saturated rings. The van der Waals surface area contributed by atoms with Crippen LogP contribution in [0.5, 0.6) is 0 Å². The van der Waals surface area contributed by atoms with Gasteiger partial charge in [0.05, 0.1) is 5.56 Å². The Labute approximate surface area is 220 Å². The van der Waals surface area contributed by atoms with E-state index in [0.29, 0.717) is 31.0 Å². The molecule has 38 heavy (non-hydrogen) atoms. The first-order chi connectivity index (χ1) is 18.4. The number of hydrogen-bond donors (Lipinski definition) is 2. The number of anilines is 1. The Morgan fingerprint density at radius 1 is 0.947 bits per heavy atom. The molecule has 0 aliphatic carbocycles. The second kappa shape index (κ2) is 10.0. The van der Waals surface area contributed by atoms with Crippen molar-refractivity contribution < 1.29 is 18.8 Å². The van der Waals surface area contributed by atoms with Crippen LogP contribution in [0.25, 0.3) is 0 Å². The summed E-state index contributed by atoms with van der Waals surface area (Å²) in [5.74, 6) is -0.669. The first-order valence-corrected chi connectivity index (χ1v) is 13.0. The Balaban J connectivity index is 1.04. The fourth-order valence-corrected chi connectivity index (χ4v) is 5.65. The standard InChI is InChI=1S/C30H29FN4O3/c31-24-5-1-3-21(13-24)23-16-34(17-23)15-20-9-7-19(8-10-20)14-32-25-6-2-4-22-18-35(30(38)28(22)25)26-11-12-27(36)33-29(26)37/h1-10,13,23,26,32H,11-12,14-18H2,(H,33,36,37). The molecule has 3 amide bonds. The van der Waals surface area contributed by atoms with Crippen molar-refractivity contribution in [3.63, 3.8) is 0 Å². The first-order valence-electron chi connectivity index (χ1n) is 13.0. The molecule has 0 bridgehead atoms. The third kappa shape index (κ3) is 4.79. The number of imide groups is 1. The van der Waals surface area contributed by atoms with Crippen LogP contribution >= 0.6 is 0 Å². The average Bonchev–Trinajstić information content (AvgIpc) is 3.22. The van der Waals surface area contributed by atoms with Gasteiger partial charge in [-0.15, -0.1) is 0 Å². The van der Waals surface area contributed by atoms with E-state index in [1.54, 1.807) is 17.0 Å². The number of rotatable bonds is 7. The van der Waals surface area contributed by atoms with Crippen LogP contribution in [0.3, 0.4) is 0 Å². The summed E-state index contributed by atoms with van der Waals surface area (Å²) in [6, 6.07) is 20.4. The van der Waals surface area contributed by atoms with Crippen LogP contribution in [0.15, 0.2) is 66.7 Å². The lowest BCUT2D eigenvalue weighted by Gasteiger charge is -2.39. The minimum absolute atomic E-state index is 0.179. The molecule has 7 nitrogen and oxygen atoms in total. The highest BCUT2D eigenvalue weighted by Crippen LogP contribution is 2.33. The normalized spacial score (nSPS) is 19.8. The molecule has 1 unspecified atom stereocenters. The van der Waals surface area contributed by atoms with Gasteiger partial charge in [-0.1, -0.05) is 48.5 Å². The van der Waals surface area contributed by atoms with Gasteiger partial charge in [0.2, 0.25) is 11.8 Å². The molecule has 8 heteroatoms. The van der Waals surface area contributed by atoms with E-state index >= 15 is 0 Å². The number of benzene rings is 3. The number of carbonyl (C=O) groups excluding carboxylic acids is 3. The molecule has 0 aromatic heterocycles. The highest BCUT2D eigenvalue weighted by molar-refractivity contribution is 6.07. The van der Waals surface area contributed by atoms with Gasteiger partial charge in [0, 0.05) is 50.7 Å². The van der Waals surface area contributed by atoms with Gasteiger partial charge in [-0.2, -0.15) is 0 Å². The minimum atomic E-state index is -0.622. The van der Waals surface area contributed by atoms with E-state index < -0.39 is 11.9 Å². The summed E-state index contributed by atoms with van der Waals surface area (Å²) >= 11 is 0. The molecule has 0 spiro atoms. The largest absolute Gasteiger partial charge is 0.380 e. The number of nitrogens with zero attached hydrogens (tertiary/aromatic N) is 2. The zero-order valence-electron chi connectivity index (χ0n) is 21.0. The number of likely N-dealkylation sites (tertiary alicyclic amines) is 1. The predicted molar refractivity (Wildman–Crippen MR) is 141 cm³/mol. The van der Waals surface area contributed by atoms with Crippen LogP contribution in [0.1, 0.15) is 51.4 Å². The van der Waals surface area contributed by atoms with Gasteiger partial charge in [-0.3, -0.25) is 24.6 Å². The number of hydrogen-bond acceptors (Lipinski definition) is 5. The van der Waals surface area contributed by atoms with E-state index in [1.807, 2.05) is 24.3 Å². The molecular formula is C30H29FN4O3. The molecule has 2 saturated heterocycles. The molecule has 6 rings (SSSR count). The molecule has 3 heterocycles. The van der Waals surface area contributed by atoms with Crippen LogP contribution in [0, 0.1) is 5.82 Å². The molecule has 3 aliphatic heterocycles. The maximum atomic E-state index is 13.5. The SMILES string of the molecule is O=C1CCC(N2Cc3cccc(NCc4ccc(CN5CC(c6cccc(F)c6)C5)cc4)c3C2=O)C(=O)N1. The topological polar surface area (TPSA) is 81.8 Å². The molecule has 0 saturated carbocycles. The van der Waals surface area contributed by atoms with Crippen LogP contribution < -0.4 is 10.6 Å². The van der Waals surface area contributed by atoms with Crippen molar-refractivity contribution >= 4 is 23.4 Å². The van der Waals surface area contributed by atoms with Gasteiger partial charge in [-0.05, 0) is 46.9 Å². The van der Waals surface area contributed by atoms with Crippen molar-refractivity contribution in [2.75, 3.05) is 18.4 Å². The van der Waals surface area contributed by atoms with Crippen molar-refractivity contribution in [3.05, 3.63) is 100 Å². The lowest BCUT2D eigenvalue weighted by atomic mass is 9.91. The summed E-state index contributed by atoms with van der Waals surface area (Å²) in [7, 11) is 0. The Morgan fingerprint density at radius 2 is 1.71 bits per heavy atom. The fourth-order valence-electron chi connectivity index (χ4n) is 5.65. The van der Waals surface area contributed by atoms with Crippen LogP contribution in [-0.4, -0.2) is 46.7 Å². The second-order valence-electron chi connectivity index (χ2n) is 10.4. The fraction of sp³-hybridized carbons (Fsp3) is 0.300. The van der Waals surface area contributed by atoms with E-state index in [1.165, 1.54) is 11.6 Å². The van der Waals surface area contributed by atoms with Gasteiger partial charge >= 0.3 is 0 Å². The highest BCUT2D eigenvalue weighted by atomic mass is 19.1. The average molecular weight is 513 g/mol. The predicted octanol–water partition coefficient (Wildman–Crippen LogP) is 3.80. The summed E-state index contributed by atoms with van der Waals surface area (Å²) in [5.41, 5.74) is 5.61. The molecule has 3 aliphatic rings. The number of fused-ring (bicyclic) bond motifs is 1. The van der Waals surface area contributed by atoms with Gasteiger partial charge in [0.1, 0.15) is 11.9 Å². The molecule has 1 atom stereocenters. The number of amides is 3. The molecule has 0 radical (unpaired) electrons. The van der Waals surface area contributed by atoms with Crippen molar-refractivity contribution in [1.29, 1.82) is 0 Å². The smallest absolute Gasteiger partial charge is 0.257 e. The zero-order valence-corrected chi connectivity index (χ0v) is 21.0. The summed E-state index contributed by atoms with van der Waals surface area (Å²) in [4.78, 5) is 41.0. The van der Waals surface area contributed by atoms with Crippen molar-refractivity contribution in [2.24, 2.45) is 0 Å². The Morgan fingerprint density at radius 3 is 2.47 bits per heavy atom. The van der Waals surface area contributed by atoms with E-state index in [0.717, 1.165) is 42.0 Å². The number of carbonyl (C=O) groups is 3. The lowest BCUT2D eigenvalue weighted by molar-refractivity contribution is -0.136. The number of halogens is 1. The van der Waals surface area contributed by atoms with Crippen molar-refractivity contribution in [2.45, 2.75) is 44.4 Å². The third-order valence-corrected chi connectivity index (χ3v) is 7.74. The van der Waals surface area contributed by atoms with Gasteiger partial charge in [0.15, 0.2) is 0 Å². The summed E-state index contributed by atoms with van der Waals surface area (Å²) in [5, 5.41) is 5.75. The van der Waals surface area contributed by atoms with Crippen LogP contribution in [0.4, 0.5) is 10.1 Å². The molecule has 194 valence electrons. The van der Waals surface area contributed by atoms with E-state index in [9.17, 15) is 18.8 Å². The summed E-state index contributed by atoms with van der Waals surface area (Å²) < 4.78 is 13.5. The van der Waals surface area contributed by atoms with E-state index in [4.69, 9.17) is 0 Å². The van der Waals surface area contributed by atoms with Gasteiger partial charge < -0.3 is 10.2 Å². The lowest BCUT2D eigenvalue weighted by Crippen LogP contribution is -2.52. The molecule has 3 aromatic rings. The Hall–Kier alpha value is -4.04. The van der Waals surface area contributed by atoms with Gasteiger partial charge in [-0.25, -0.2) is 4.39 Å². The van der Waals surface area contributed by atoms with Crippen LogP contribution in [0.2, 0.25) is 0 Å². The Bertz CT molecular complexity index is 1400. The van der Waals surface area contributed by atoms with E-state index in [-0.39, 0.29) is 24.1 Å². The number of nitrogens with one attached hydrogen (secondary N) is 2. The van der Waals surface area contributed by atoms with Gasteiger partial charge in [0.25, 0.3) is 5.91 Å². The maximum absolute atomic E-state index is 13.5. The number of piperidine rings is 1. The third-order valence-electron chi connectivity index (χ3n) is 7.74.